The zero-order valence-electron chi connectivity index (χ0n) is 63.2. The lowest BCUT2D eigenvalue weighted by Gasteiger charge is -2.21. The Balaban J connectivity index is 5.26. The summed E-state index contributed by atoms with van der Waals surface area (Å²) in [6.45, 7) is 7.34. The Morgan fingerprint density at radius 1 is 0.278 bits per heavy atom. The van der Waals surface area contributed by atoms with E-state index in [9.17, 15) is 43.2 Å². The number of esters is 4. The van der Waals surface area contributed by atoms with Gasteiger partial charge >= 0.3 is 39.5 Å². The van der Waals surface area contributed by atoms with E-state index < -0.39 is 97.5 Å². The fourth-order valence-corrected chi connectivity index (χ4v) is 13.6. The highest BCUT2D eigenvalue weighted by Gasteiger charge is 2.30. The molecule has 0 spiro atoms. The molecular weight excluding hydrogens is 1270 g/mol. The van der Waals surface area contributed by atoms with Crippen molar-refractivity contribution in [3.63, 3.8) is 0 Å². The van der Waals surface area contributed by atoms with Gasteiger partial charge < -0.3 is 33.8 Å². The molecule has 0 aromatic carbocycles. The van der Waals surface area contributed by atoms with Gasteiger partial charge in [0.25, 0.3) is 0 Å². The Morgan fingerprint density at radius 3 is 0.701 bits per heavy atom. The molecule has 5 atom stereocenters. The molecule has 0 rings (SSSR count). The minimum Gasteiger partial charge on any atom is -0.462 e. The van der Waals surface area contributed by atoms with Crippen LogP contribution >= 0.6 is 15.6 Å². The van der Waals surface area contributed by atoms with Crippen LogP contribution in [0.5, 0.6) is 0 Å². The van der Waals surface area contributed by atoms with Crippen LogP contribution in [0, 0.1) is 5.92 Å². The topological polar surface area (TPSA) is 237 Å². The third kappa shape index (κ3) is 72.2. The van der Waals surface area contributed by atoms with Crippen molar-refractivity contribution in [1.82, 2.24) is 0 Å². The van der Waals surface area contributed by atoms with E-state index in [1.807, 2.05) is 0 Å². The molecular formula is C78H152O17P2. The van der Waals surface area contributed by atoms with E-state index >= 15 is 0 Å². The van der Waals surface area contributed by atoms with Crippen molar-refractivity contribution in [2.75, 3.05) is 39.6 Å². The predicted octanol–water partition coefficient (Wildman–Crippen LogP) is 23.3. The van der Waals surface area contributed by atoms with Crippen LogP contribution < -0.4 is 0 Å². The zero-order valence-corrected chi connectivity index (χ0v) is 65.0. The third-order valence-electron chi connectivity index (χ3n) is 18.3. The normalized spacial score (nSPS) is 13.9. The average Bonchev–Trinajstić information content (AvgIpc) is 1.52. The number of ether oxygens (including phenoxy) is 4. The molecule has 0 amide bonds. The fourth-order valence-electron chi connectivity index (χ4n) is 12.1. The van der Waals surface area contributed by atoms with Crippen LogP contribution in [0.15, 0.2) is 0 Å². The maximum Gasteiger partial charge on any atom is 0.472 e. The molecule has 0 aliphatic rings. The molecule has 0 aromatic rings. The molecule has 2 unspecified atom stereocenters. The first kappa shape index (κ1) is 95.1. The standard InChI is InChI=1S/C78H152O17P2/c1-6-9-12-15-18-21-24-27-29-33-37-42-47-52-57-62-76(81)89-68-74(95-78(83)64-59-54-49-44-39-34-30-31-35-40-45-50-55-60-71(4)5)70-93-97(86,87)91-66-72(79)65-90-96(84,85)92-69-73(67-88-75(80)61-56-51-46-41-36-26-23-20-17-14-11-8-3)94-77(82)63-58-53-48-43-38-32-28-25-22-19-16-13-10-7-2/h71-74,79H,6-70H2,1-5H3,(H,84,85)(H,86,87)/t72-,73+,74+/m0/s1. The second kappa shape index (κ2) is 71.1. The Labute approximate surface area is 594 Å². The average molecular weight is 1420 g/mol. The molecule has 0 saturated heterocycles. The summed E-state index contributed by atoms with van der Waals surface area (Å²) in [4.78, 5) is 72.9. The summed E-state index contributed by atoms with van der Waals surface area (Å²) in [5.41, 5.74) is 0. The highest BCUT2D eigenvalue weighted by Crippen LogP contribution is 2.45. The van der Waals surface area contributed by atoms with Crippen molar-refractivity contribution < 1.29 is 80.2 Å². The molecule has 19 heteroatoms. The SMILES string of the molecule is CCCCCCCCCCCCCCCCCC(=O)OC[C@H](COP(=O)(O)OC[C@@H](O)COP(=O)(O)OC[C@@H](COC(=O)CCCCCCCCCCCCCC)OC(=O)CCCCCCCCCCCCCCCC)OC(=O)CCCCCCCCCCCCCCCC(C)C. The Kier molecular flexibility index (Phi) is 69.6. The van der Waals surface area contributed by atoms with Crippen LogP contribution in [-0.2, 0) is 65.4 Å². The van der Waals surface area contributed by atoms with Crippen LogP contribution in [0.2, 0.25) is 0 Å². The van der Waals surface area contributed by atoms with Gasteiger partial charge in [0.05, 0.1) is 26.4 Å². The quantitative estimate of drug-likeness (QED) is 0.0222. The second-order valence-electron chi connectivity index (χ2n) is 28.6. The largest absolute Gasteiger partial charge is 0.472 e. The van der Waals surface area contributed by atoms with Gasteiger partial charge in [0.15, 0.2) is 12.2 Å². The Morgan fingerprint density at radius 2 is 0.474 bits per heavy atom. The summed E-state index contributed by atoms with van der Waals surface area (Å²) in [6.07, 6.45) is 60.8. The molecule has 0 aliphatic heterocycles. The smallest absolute Gasteiger partial charge is 0.462 e. The molecule has 97 heavy (non-hydrogen) atoms. The first-order valence-corrected chi connectivity index (χ1v) is 43.6. The van der Waals surface area contributed by atoms with Gasteiger partial charge in [-0.25, -0.2) is 9.13 Å². The predicted molar refractivity (Wildman–Crippen MR) is 395 cm³/mol. The van der Waals surface area contributed by atoms with E-state index in [1.54, 1.807) is 0 Å². The molecule has 0 aliphatic carbocycles. The number of hydrogen-bond donors (Lipinski definition) is 3. The van der Waals surface area contributed by atoms with Crippen LogP contribution in [0.25, 0.3) is 0 Å². The van der Waals surface area contributed by atoms with Crippen LogP contribution in [0.4, 0.5) is 0 Å². The van der Waals surface area contributed by atoms with Gasteiger partial charge in [-0.2, -0.15) is 0 Å². The fraction of sp³-hybridized carbons (Fsp3) is 0.949. The molecule has 17 nitrogen and oxygen atoms in total. The van der Waals surface area contributed by atoms with E-state index in [0.29, 0.717) is 25.7 Å². The van der Waals surface area contributed by atoms with Crippen molar-refractivity contribution in [2.24, 2.45) is 5.92 Å². The third-order valence-corrected chi connectivity index (χ3v) is 20.2. The summed E-state index contributed by atoms with van der Waals surface area (Å²) in [7, 11) is -9.91. The molecule has 0 radical (unpaired) electrons. The highest BCUT2D eigenvalue weighted by atomic mass is 31.2. The van der Waals surface area contributed by atoms with Gasteiger partial charge in [-0.1, -0.05) is 362 Å². The lowest BCUT2D eigenvalue weighted by molar-refractivity contribution is -0.161. The molecule has 3 N–H and O–H groups in total. The number of aliphatic hydroxyl groups excluding tert-OH is 1. The summed E-state index contributed by atoms with van der Waals surface area (Å²) in [5.74, 6) is -1.32. The Bertz CT molecular complexity index is 1860. The number of carbonyl (C=O) groups excluding carboxylic acids is 4. The number of carbonyl (C=O) groups is 4. The molecule has 0 heterocycles. The van der Waals surface area contributed by atoms with E-state index in [2.05, 4.69) is 34.6 Å². The first-order valence-electron chi connectivity index (χ1n) is 40.6. The molecule has 0 fully saturated rings. The van der Waals surface area contributed by atoms with Gasteiger partial charge in [0.2, 0.25) is 0 Å². The number of hydrogen-bond acceptors (Lipinski definition) is 15. The van der Waals surface area contributed by atoms with E-state index in [4.69, 9.17) is 37.0 Å². The lowest BCUT2D eigenvalue weighted by Crippen LogP contribution is -2.30. The molecule has 0 saturated carbocycles. The van der Waals surface area contributed by atoms with Crippen molar-refractivity contribution in [1.29, 1.82) is 0 Å². The van der Waals surface area contributed by atoms with Crippen molar-refractivity contribution in [2.45, 2.75) is 432 Å². The van der Waals surface area contributed by atoms with Gasteiger partial charge in [-0.05, 0) is 31.6 Å². The minimum absolute atomic E-state index is 0.108. The van der Waals surface area contributed by atoms with Crippen LogP contribution in [-0.4, -0.2) is 96.7 Å². The summed E-state index contributed by atoms with van der Waals surface area (Å²) in [5, 5.41) is 10.6. The van der Waals surface area contributed by atoms with E-state index in [-0.39, 0.29) is 25.7 Å². The lowest BCUT2D eigenvalue weighted by atomic mass is 10.0. The molecule has 576 valence electrons. The van der Waals surface area contributed by atoms with Gasteiger partial charge in [-0.3, -0.25) is 37.3 Å². The van der Waals surface area contributed by atoms with Crippen molar-refractivity contribution in [3.8, 4) is 0 Å². The van der Waals surface area contributed by atoms with Gasteiger partial charge in [0, 0.05) is 25.7 Å². The monoisotopic (exact) mass is 1420 g/mol. The number of phosphoric acid groups is 2. The molecule has 0 aromatic heterocycles. The van der Waals surface area contributed by atoms with E-state index in [0.717, 1.165) is 95.8 Å². The first-order chi connectivity index (χ1) is 47.0. The number of aliphatic hydroxyl groups is 1. The summed E-state index contributed by atoms with van der Waals surface area (Å²) in [6, 6.07) is 0. The Hall–Kier alpha value is -1.94. The number of phosphoric ester groups is 2. The maximum atomic E-state index is 13.1. The second-order valence-corrected chi connectivity index (χ2v) is 31.5. The van der Waals surface area contributed by atoms with Crippen LogP contribution in [0.1, 0.15) is 413 Å². The summed E-state index contributed by atoms with van der Waals surface area (Å²) < 4.78 is 68.7. The molecule has 0 bridgehead atoms. The maximum absolute atomic E-state index is 13.1. The van der Waals surface area contributed by atoms with E-state index in [1.165, 1.54) is 238 Å². The van der Waals surface area contributed by atoms with Gasteiger partial charge in [0.1, 0.15) is 19.3 Å². The zero-order chi connectivity index (χ0) is 71.2. The van der Waals surface area contributed by atoms with Crippen LogP contribution in [0.3, 0.4) is 0 Å². The summed E-state index contributed by atoms with van der Waals surface area (Å²) >= 11 is 0. The number of rotatable bonds is 78. The number of unbranched alkanes of at least 4 members (excludes halogenated alkanes) is 50. The highest BCUT2D eigenvalue weighted by molar-refractivity contribution is 7.47. The minimum atomic E-state index is -4.96. The van der Waals surface area contributed by atoms with Crippen molar-refractivity contribution in [3.05, 3.63) is 0 Å². The van der Waals surface area contributed by atoms with Crippen molar-refractivity contribution >= 4 is 39.5 Å². The van der Waals surface area contributed by atoms with Gasteiger partial charge in [-0.15, -0.1) is 0 Å².